The number of ether oxygens (including phenoxy) is 4. The van der Waals surface area contributed by atoms with E-state index in [4.69, 9.17) is 18.9 Å². The molecule has 0 bridgehead atoms. The average Bonchev–Trinajstić information content (AvgIpc) is 2.35. The molecule has 0 amide bonds. The van der Waals surface area contributed by atoms with E-state index in [1.165, 1.54) is 0 Å². The van der Waals surface area contributed by atoms with Crippen molar-refractivity contribution in [3.8, 4) is 0 Å². The topological polar surface area (TPSA) is 54.0 Å². The van der Waals surface area contributed by atoms with Crippen LogP contribution in [0.15, 0.2) is 0 Å². The molecule has 1 fully saturated rings. The molecule has 0 aliphatic heterocycles. The van der Waals surface area contributed by atoms with Crippen molar-refractivity contribution in [1.82, 2.24) is 0 Å². The number of rotatable bonds is 10. The van der Waals surface area contributed by atoms with Crippen molar-refractivity contribution in [2.45, 2.75) is 26.4 Å². The summed E-state index contributed by atoms with van der Waals surface area (Å²) in [5.41, 5.74) is -0.316. The van der Waals surface area contributed by atoms with Crippen molar-refractivity contribution in [3.63, 3.8) is 0 Å². The smallest absolute Gasteiger partial charge is 0.143 e. The van der Waals surface area contributed by atoms with E-state index in [-0.39, 0.29) is 17.3 Å². The zero-order valence-electron chi connectivity index (χ0n) is 11.6. The molecule has 0 aromatic carbocycles. The molecule has 18 heavy (non-hydrogen) atoms. The molecule has 5 heteroatoms. The highest BCUT2D eigenvalue weighted by molar-refractivity contribution is 5.91. The molecule has 1 unspecified atom stereocenters. The van der Waals surface area contributed by atoms with Crippen molar-refractivity contribution in [3.05, 3.63) is 0 Å². The predicted molar refractivity (Wildman–Crippen MR) is 66.7 cm³/mol. The normalized spacial score (nSPS) is 21.9. The van der Waals surface area contributed by atoms with Gasteiger partial charge in [-0.1, -0.05) is 13.8 Å². The van der Waals surface area contributed by atoms with Crippen LogP contribution in [0.4, 0.5) is 0 Å². The Kier molecular flexibility index (Phi) is 6.78. The Morgan fingerprint density at radius 1 is 1.06 bits per heavy atom. The van der Waals surface area contributed by atoms with Crippen LogP contribution in [-0.2, 0) is 23.7 Å². The van der Waals surface area contributed by atoms with Crippen LogP contribution < -0.4 is 0 Å². The van der Waals surface area contributed by atoms with E-state index in [2.05, 4.69) is 0 Å². The molecule has 0 radical (unpaired) electrons. The van der Waals surface area contributed by atoms with Crippen LogP contribution >= 0.6 is 0 Å². The lowest BCUT2D eigenvalue weighted by Crippen LogP contribution is -2.51. The van der Waals surface area contributed by atoms with Crippen molar-refractivity contribution >= 4 is 5.78 Å². The third-order valence-corrected chi connectivity index (χ3v) is 3.24. The molecule has 1 atom stereocenters. The molecule has 0 heterocycles. The second-order valence-electron chi connectivity index (χ2n) is 4.93. The summed E-state index contributed by atoms with van der Waals surface area (Å²) in [6.45, 7) is 7.23. The van der Waals surface area contributed by atoms with E-state index in [0.717, 1.165) is 0 Å². The van der Waals surface area contributed by atoms with Gasteiger partial charge in [0.25, 0.3) is 0 Å². The molecule has 1 aliphatic carbocycles. The fourth-order valence-corrected chi connectivity index (χ4v) is 1.72. The number of Topliss-reactive ketones (excluding diaryl/α,β-unsaturated/α-hetero) is 1. The molecule has 0 N–H and O–H groups in total. The Morgan fingerprint density at radius 2 is 1.61 bits per heavy atom. The van der Waals surface area contributed by atoms with Crippen LogP contribution in [0.5, 0.6) is 0 Å². The Hall–Kier alpha value is -0.490. The first kappa shape index (κ1) is 15.6. The number of methoxy groups -OCH3 is 1. The largest absolute Gasteiger partial charge is 0.382 e. The van der Waals surface area contributed by atoms with Crippen molar-refractivity contribution in [2.75, 3.05) is 46.8 Å². The van der Waals surface area contributed by atoms with Gasteiger partial charge in [-0.15, -0.1) is 0 Å². The van der Waals surface area contributed by atoms with Gasteiger partial charge in [0.15, 0.2) is 0 Å². The zero-order chi connectivity index (χ0) is 13.4. The van der Waals surface area contributed by atoms with Gasteiger partial charge in [0.1, 0.15) is 5.78 Å². The summed E-state index contributed by atoms with van der Waals surface area (Å²) in [6, 6.07) is 0. The number of hydrogen-bond acceptors (Lipinski definition) is 5. The monoisotopic (exact) mass is 260 g/mol. The number of hydrogen-bond donors (Lipinski definition) is 0. The van der Waals surface area contributed by atoms with E-state index in [9.17, 15) is 4.79 Å². The molecule has 5 nitrogen and oxygen atoms in total. The minimum absolute atomic E-state index is 0.0477. The van der Waals surface area contributed by atoms with Crippen LogP contribution in [0.2, 0.25) is 0 Å². The van der Waals surface area contributed by atoms with Crippen molar-refractivity contribution in [1.29, 1.82) is 0 Å². The van der Waals surface area contributed by atoms with Crippen molar-refractivity contribution < 1.29 is 23.7 Å². The molecule has 106 valence electrons. The van der Waals surface area contributed by atoms with E-state index in [1.807, 2.05) is 13.8 Å². The molecule has 0 aromatic rings. The highest BCUT2D eigenvalue weighted by Gasteiger charge is 2.47. The second kappa shape index (κ2) is 7.84. The van der Waals surface area contributed by atoms with E-state index < -0.39 is 0 Å². The first-order chi connectivity index (χ1) is 8.59. The quantitative estimate of drug-likeness (QED) is 0.550. The Morgan fingerprint density at radius 3 is 2.11 bits per heavy atom. The summed E-state index contributed by atoms with van der Waals surface area (Å²) in [5.74, 6) is 0.278. The Balaban J connectivity index is 1.86. The van der Waals surface area contributed by atoms with E-state index in [0.29, 0.717) is 46.1 Å². The Labute approximate surface area is 109 Å². The van der Waals surface area contributed by atoms with Gasteiger partial charge in [-0.25, -0.2) is 0 Å². The van der Waals surface area contributed by atoms with Gasteiger partial charge < -0.3 is 18.9 Å². The zero-order valence-corrected chi connectivity index (χ0v) is 11.6. The molecule has 1 saturated carbocycles. The summed E-state index contributed by atoms with van der Waals surface area (Å²) in [7, 11) is 1.64. The predicted octanol–water partition coefficient (Wildman–Crippen LogP) is 1.05. The molecular weight excluding hydrogens is 236 g/mol. The third kappa shape index (κ3) is 4.65. The van der Waals surface area contributed by atoms with Crippen molar-refractivity contribution in [2.24, 2.45) is 5.41 Å². The van der Waals surface area contributed by atoms with Crippen LogP contribution in [0.3, 0.4) is 0 Å². The average molecular weight is 260 g/mol. The lowest BCUT2D eigenvalue weighted by molar-refractivity contribution is -0.160. The highest BCUT2D eigenvalue weighted by atomic mass is 16.6. The molecule has 0 aromatic heterocycles. The fraction of sp³-hybridized carbons (Fsp3) is 0.923. The van der Waals surface area contributed by atoms with Gasteiger partial charge in [0.05, 0.1) is 51.2 Å². The maximum Gasteiger partial charge on any atom is 0.143 e. The number of carbonyl (C=O) groups is 1. The van der Waals surface area contributed by atoms with Crippen LogP contribution in [-0.4, -0.2) is 58.6 Å². The Bertz CT molecular complexity index is 252. The van der Waals surface area contributed by atoms with Gasteiger partial charge in [-0.3, -0.25) is 4.79 Å². The molecule has 1 aliphatic rings. The van der Waals surface area contributed by atoms with Crippen LogP contribution in [0.25, 0.3) is 0 Å². The number of carbonyl (C=O) groups excluding carboxylic acids is 1. The SMILES string of the molecule is COCCOCCOCCOC1CC(=O)C1(C)C. The maximum atomic E-state index is 11.3. The minimum atomic E-state index is -0.316. The molecule has 0 saturated heterocycles. The number of ketones is 1. The van der Waals surface area contributed by atoms with E-state index in [1.54, 1.807) is 7.11 Å². The first-order valence-electron chi connectivity index (χ1n) is 6.38. The summed E-state index contributed by atoms with van der Waals surface area (Å²) < 4.78 is 21.0. The molecule has 0 spiro atoms. The van der Waals surface area contributed by atoms with Gasteiger partial charge in [-0.05, 0) is 0 Å². The standard InChI is InChI=1S/C13H24O5/c1-13(2)11(14)10-12(13)18-9-8-17-7-6-16-5-4-15-3/h12H,4-10H2,1-3H3. The van der Waals surface area contributed by atoms with Gasteiger partial charge in [0.2, 0.25) is 0 Å². The van der Waals surface area contributed by atoms with Crippen LogP contribution in [0.1, 0.15) is 20.3 Å². The lowest BCUT2D eigenvalue weighted by atomic mass is 9.68. The minimum Gasteiger partial charge on any atom is -0.382 e. The summed E-state index contributed by atoms with van der Waals surface area (Å²) in [4.78, 5) is 11.3. The summed E-state index contributed by atoms with van der Waals surface area (Å²) in [6.07, 6.45) is 0.583. The van der Waals surface area contributed by atoms with Gasteiger partial charge in [-0.2, -0.15) is 0 Å². The third-order valence-electron chi connectivity index (χ3n) is 3.24. The summed E-state index contributed by atoms with van der Waals surface area (Å²) in [5, 5.41) is 0. The fourth-order valence-electron chi connectivity index (χ4n) is 1.72. The second-order valence-corrected chi connectivity index (χ2v) is 4.93. The van der Waals surface area contributed by atoms with Gasteiger partial charge >= 0.3 is 0 Å². The first-order valence-corrected chi connectivity index (χ1v) is 6.38. The lowest BCUT2D eigenvalue weighted by Gasteiger charge is -2.41. The van der Waals surface area contributed by atoms with Crippen LogP contribution in [0, 0.1) is 5.41 Å². The van der Waals surface area contributed by atoms with Gasteiger partial charge in [0, 0.05) is 13.5 Å². The highest BCUT2D eigenvalue weighted by Crippen LogP contribution is 2.38. The molecular formula is C13H24O5. The van der Waals surface area contributed by atoms with E-state index >= 15 is 0 Å². The summed E-state index contributed by atoms with van der Waals surface area (Å²) >= 11 is 0. The molecule has 1 rings (SSSR count). The maximum absolute atomic E-state index is 11.3.